The van der Waals surface area contributed by atoms with Crippen molar-refractivity contribution in [2.75, 3.05) is 33.4 Å². The largest absolute Gasteiger partial charge is 0.454 e. The fourth-order valence-corrected chi connectivity index (χ4v) is 6.07. The van der Waals surface area contributed by atoms with Gasteiger partial charge in [-0.2, -0.15) is 0 Å². The zero-order valence-electron chi connectivity index (χ0n) is 19.7. The molecule has 3 heterocycles. The first-order valence-electron chi connectivity index (χ1n) is 11.8. The molecule has 3 aliphatic rings. The number of carbonyl (C=O) groups is 1. The minimum Gasteiger partial charge on any atom is -0.454 e. The van der Waals surface area contributed by atoms with Crippen molar-refractivity contribution < 1.29 is 23.7 Å². The number of anilines is 1. The third kappa shape index (κ3) is 3.89. The van der Waals surface area contributed by atoms with E-state index in [0.29, 0.717) is 18.1 Å². The maximum atomic E-state index is 13.3. The molecule has 2 aromatic rings. The van der Waals surface area contributed by atoms with Crippen molar-refractivity contribution in [3.8, 4) is 11.5 Å². The van der Waals surface area contributed by atoms with Gasteiger partial charge in [0.1, 0.15) is 5.82 Å². The van der Waals surface area contributed by atoms with Gasteiger partial charge in [0, 0.05) is 44.7 Å². The maximum absolute atomic E-state index is 13.3. The summed E-state index contributed by atoms with van der Waals surface area (Å²) in [5, 5.41) is 7.51. The van der Waals surface area contributed by atoms with Crippen molar-refractivity contribution in [3.63, 3.8) is 0 Å². The summed E-state index contributed by atoms with van der Waals surface area (Å²) in [4.78, 5) is 18.2. The number of fused-ring (bicyclic) bond motifs is 3. The average molecular weight is 456 g/mol. The Morgan fingerprint density at radius 2 is 1.79 bits per heavy atom. The molecule has 0 radical (unpaired) electrons. The summed E-state index contributed by atoms with van der Waals surface area (Å²) >= 11 is 0. The number of aromatic nitrogens is 1. The molecule has 1 aliphatic carbocycles. The highest BCUT2D eigenvalue weighted by Gasteiger charge is 2.49. The highest BCUT2D eigenvalue weighted by molar-refractivity contribution is 5.86. The maximum Gasteiger partial charge on any atom is 0.231 e. The molecule has 8 heteroatoms. The summed E-state index contributed by atoms with van der Waals surface area (Å²) in [6.07, 6.45) is 3.31. The lowest BCUT2D eigenvalue weighted by atomic mass is 9.63. The molecule has 5 rings (SSSR count). The zero-order chi connectivity index (χ0) is 23.1. The standard InChI is InChI=1S/C25H33N3O5/c1-5-18-16-10-21(31-4)20(30-3)9-15(16)17(25(29)28-18)7-14-6-13-8-22-23(33-12-32-22)11-19(13)27-24(14)26-2/h6,8,11,15-18,20-21H,5,7,9-10,12H2,1-4H3,(H,26,27)(H,28,29). The number of nitrogens with one attached hydrogen (secondary N) is 2. The molecule has 1 saturated carbocycles. The number of rotatable bonds is 6. The Hall–Kier alpha value is -2.58. The topological polar surface area (TPSA) is 90.9 Å². The molecular formula is C25H33N3O5. The molecule has 8 nitrogen and oxygen atoms in total. The van der Waals surface area contributed by atoms with Crippen LogP contribution in [0.5, 0.6) is 11.5 Å². The van der Waals surface area contributed by atoms with Crippen LogP contribution in [-0.2, 0) is 20.7 Å². The number of pyridine rings is 1. The van der Waals surface area contributed by atoms with Crippen molar-refractivity contribution in [3.05, 3.63) is 23.8 Å². The van der Waals surface area contributed by atoms with E-state index in [9.17, 15) is 4.79 Å². The number of ether oxygens (including phenoxy) is 4. The summed E-state index contributed by atoms with van der Waals surface area (Å²) in [5.41, 5.74) is 1.87. The predicted octanol–water partition coefficient (Wildman–Crippen LogP) is 3.13. The Morgan fingerprint density at radius 1 is 1.09 bits per heavy atom. The number of hydrogen-bond acceptors (Lipinski definition) is 7. The highest BCUT2D eigenvalue weighted by Crippen LogP contribution is 2.44. The lowest BCUT2D eigenvalue weighted by Crippen LogP contribution is -2.59. The number of carbonyl (C=O) groups excluding carboxylic acids is 1. The number of nitrogens with zero attached hydrogens (tertiary/aromatic N) is 1. The second-order valence-electron chi connectivity index (χ2n) is 9.33. The number of amides is 1. The Labute approximate surface area is 194 Å². The molecule has 2 N–H and O–H groups in total. The normalized spacial score (nSPS) is 30.7. The second-order valence-corrected chi connectivity index (χ2v) is 9.33. The number of hydrogen-bond donors (Lipinski definition) is 2. The molecule has 178 valence electrons. The van der Waals surface area contributed by atoms with Gasteiger partial charge in [-0.1, -0.05) is 6.92 Å². The van der Waals surface area contributed by atoms with Crippen LogP contribution in [0, 0.1) is 17.8 Å². The molecule has 2 fully saturated rings. The fraction of sp³-hybridized carbons (Fsp3) is 0.600. The Kier molecular flexibility index (Phi) is 6.05. The Bertz CT molecular complexity index is 1040. The molecule has 0 bridgehead atoms. The van der Waals surface area contributed by atoms with Gasteiger partial charge in [-0.25, -0.2) is 4.98 Å². The van der Waals surface area contributed by atoms with E-state index in [2.05, 4.69) is 23.6 Å². The lowest BCUT2D eigenvalue weighted by Gasteiger charge is -2.49. The molecule has 1 saturated heterocycles. The van der Waals surface area contributed by atoms with Gasteiger partial charge < -0.3 is 29.6 Å². The van der Waals surface area contributed by atoms with E-state index in [1.54, 1.807) is 14.2 Å². The second kappa shape index (κ2) is 8.99. The Morgan fingerprint density at radius 3 is 2.45 bits per heavy atom. The van der Waals surface area contributed by atoms with Crippen LogP contribution in [0.2, 0.25) is 0 Å². The van der Waals surface area contributed by atoms with Crippen LogP contribution in [0.25, 0.3) is 10.9 Å². The number of benzene rings is 1. The van der Waals surface area contributed by atoms with Crippen molar-refractivity contribution >= 4 is 22.6 Å². The van der Waals surface area contributed by atoms with Gasteiger partial charge >= 0.3 is 0 Å². The average Bonchev–Trinajstić information content (AvgIpc) is 3.29. The van der Waals surface area contributed by atoms with Crippen LogP contribution in [-0.4, -0.2) is 57.2 Å². The number of piperidine rings is 1. The fourth-order valence-electron chi connectivity index (χ4n) is 6.07. The van der Waals surface area contributed by atoms with Gasteiger partial charge in [0.15, 0.2) is 11.5 Å². The first kappa shape index (κ1) is 22.2. The van der Waals surface area contributed by atoms with Crippen LogP contribution in [0.3, 0.4) is 0 Å². The monoisotopic (exact) mass is 455 g/mol. The van der Waals surface area contributed by atoms with E-state index in [-0.39, 0.29) is 42.8 Å². The first-order chi connectivity index (χ1) is 16.1. The summed E-state index contributed by atoms with van der Waals surface area (Å²) in [7, 11) is 5.36. The summed E-state index contributed by atoms with van der Waals surface area (Å²) < 4.78 is 22.6. The molecule has 0 spiro atoms. The van der Waals surface area contributed by atoms with Crippen LogP contribution in [0.1, 0.15) is 31.7 Å². The van der Waals surface area contributed by atoms with Gasteiger partial charge in [-0.15, -0.1) is 0 Å². The summed E-state index contributed by atoms with van der Waals surface area (Å²) in [6, 6.07) is 6.17. The molecule has 33 heavy (non-hydrogen) atoms. The predicted molar refractivity (Wildman–Crippen MR) is 125 cm³/mol. The van der Waals surface area contributed by atoms with Crippen LogP contribution < -0.4 is 20.1 Å². The zero-order valence-corrected chi connectivity index (χ0v) is 19.7. The van der Waals surface area contributed by atoms with Crippen molar-refractivity contribution in [2.24, 2.45) is 17.8 Å². The third-order valence-corrected chi connectivity index (χ3v) is 7.78. The van der Waals surface area contributed by atoms with Crippen molar-refractivity contribution in [1.82, 2.24) is 10.3 Å². The molecule has 6 atom stereocenters. The summed E-state index contributed by atoms with van der Waals surface area (Å²) in [6.45, 7) is 2.37. The molecule has 6 unspecified atom stereocenters. The Balaban J connectivity index is 1.49. The minimum atomic E-state index is -0.145. The van der Waals surface area contributed by atoms with Gasteiger partial charge in [-0.05, 0) is 55.2 Å². The van der Waals surface area contributed by atoms with Crippen LogP contribution in [0.4, 0.5) is 5.82 Å². The van der Waals surface area contributed by atoms with Crippen molar-refractivity contribution in [2.45, 2.75) is 50.9 Å². The van der Waals surface area contributed by atoms with Gasteiger partial charge in [0.25, 0.3) is 0 Å². The van der Waals surface area contributed by atoms with Crippen molar-refractivity contribution in [1.29, 1.82) is 0 Å². The van der Waals surface area contributed by atoms with E-state index >= 15 is 0 Å². The molecular weight excluding hydrogens is 422 g/mol. The lowest BCUT2D eigenvalue weighted by molar-refractivity contribution is -0.144. The van der Waals surface area contributed by atoms with E-state index in [1.165, 1.54) is 0 Å². The van der Waals surface area contributed by atoms with Crippen LogP contribution >= 0.6 is 0 Å². The first-order valence-corrected chi connectivity index (χ1v) is 11.8. The smallest absolute Gasteiger partial charge is 0.231 e. The van der Waals surface area contributed by atoms with Gasteiger partial charge in [0.05, 0.1) is 17.7 Å². The third-order valence-electron chi connectivity index (χ3n) is 7.78. The highest BCUT2D eigenvalue weighted by atomic mass is 16.7. The van der Waals surface area contributed by atoms with Gasteiger partial charge in [0.2, 0.25) is 12.7 Å². The quantitative estimate of drug-likeness (QED) is 0.692. The van der Waals surface area contributed by atoms with Gasteiger partial charge in [-0.3, -0.25) is 4.79 Å². The minimum absolute atomic E-state index is 0.000363. The number of methoxy groups -OCH3 is 2. The molecule has 1 aromatic heterocycles. The molecule has 1 amide bonds. The molecule has 2 aliphatic heterocycles. The van der Waals surface area contributed by atoms with E-state index in [0.717, 1.165) is 47.3 Å². The van der Waals surface area contributed by atoms with E-state index < -0.39 is 0 Å². The molecule has 1 aromatic carbocycles. The van der Waals surface area contributed by atoms with Crippen LogP contribution in [0.15, 0.2) is 18.2 Å². The summed E-state index contributed by atoms with van der Waals surface area (Å²) in [5.74, 6) is 2.82. The van der Waals surface area contributed by atoms with E-state index in [4.69, 9.17) is 23.9 Å². The van der Waals surface area contributed by atoms with E-state index in [1.807, 2.05) is 19.2 Å². The SMILES string of the molecule is CCC1NC(=O)C(Cc2cc3cc4c(cc3nc2NC)OCO4)C2CC(OC)C(OC)CC12.